The average Bonchev–Trinajstić information content (AvgIpc) is 2.41. The highest BCUT2D eigenvalue weighted by atomic mass is 19.1. The molecule has 0 saturated heterocycles. The molecule has 0 radical (unpaired) electrons. The van der Waals surface area contributed by atoms with E-state index >= 15 is 0 Å². The molecular formula is C14H8F4N2. The topological polar surface area (TPSA) is 35.8 Å². The Hall–Kier alpha value is -2.55. The maximum atomic E-state index is 13.6. The smallest absolute Gasteiger partial charge is 0.150 e. The van der Waals surface area contributed by atoms with Gasteiger partial charge in [-0.3, -0.25) is 0 Å². The van der Waals surface area contributed by atoms with Gasteiger partial charge >= 0.3 is 0 Å². The zero-order chi connectivity index (χ0) is 14.7. The second-order valence-electron chi connectivity index (χ2n) is 4.02. The highest BCUT2D eigenvalue weighted by Gasteiger charge is 2.12. The molecule has 0 aromatic heterocycles. The van der Waals surface area contributed by atoms with Gasteiger partial charge in [-0.05, 0) is 30.3 Å². The minimum Gasteiger partial charge on any atom is -0.376 e. The van der Waals surface area contributed by atoms with Crippen LogP contribution in [0.3, 0.4) is 0 Å². The van der Waals surface area contributed by atoms with Crippen molar-refractivity contribution in [3.8, 4) is 6.07 Å². The lowest BCUT2D eigenvalue weighted by Crippen LogP contribution is -2.06. The molecule has 0 saturated carbocycles. The Labute approximate surface area is 112 Å². The molecule has 0 amide bonds. The lowest BCUT2D eigenvalue weighted by molar-refractivity contribution is 0.579. The van der Waals surface area contributed by atoms with Crippen LogP contribution in [0.25, 0.3) is 0 Å². The molecule has 6 heteroatoms. The van der Waals surface area contributed by atoms with E-state index in [1.807, 2.05) is 0 Å². The predicted octanol–water partition coefficient (Wildman–Crippen LogP) is 3.73. The van der Waals surface area contributed by atoms with Crippen LogP contribution in [0.1, 0.15) is 11.1 Å². The monoisotopic (exact) mass is 280 g/mol. The zero-order valence-corrected chi connectivity index (χ0v) is 10.1. The minimum absolute atomic E-state index is 0.0619. The zero-order valence-electron chi connectivity index (χ0n) is 10.1. The molecule has 2 aromatic rings. The summed E-state index contributed by atoms with van der Waals surface area (Å²) in [6.07, 6.45) is 0. The second kappa shape index (κ2) is 5.61. The Morgan fingerprint density at radius 2 is 1.60 bits per heavy atom. The van der Waals surface area contributed by atoms with E-state index in [9.17, 15) is 17.6 Å². The molecule has 0 spiro atoms. The van der Waals surface area contributed by atoms with E-state index in [0.717, 1.165) is 30.3 Å². The molecule has 2 rings (SSSR count). The number of nitrogens with one attached hydrogen (secondary N) is 1. The number of anilines is 1. The molecule has 20 heavy (non-hydrogen) atoms. The number of nitriles is 1. The third-order valence-corrected chi connectivity index (χ3v) is 2.63. The fraction of sp³-hybridized carbons (Fsp3) is 0.0714. The van der Waals surface area contributed by atoms with Crippen LogP contribution < -0.4 is 5.32 Å². The van der Waals surface area contributed by atoms with Crippen LogP contribution in [0.5, 0.6) is 0 Å². The van der Waals surface area contributed by atoms with Crippen LogP contribution in [0.4, 0.5) is 23.2 Å². The van der Waals surface area contributed by atoms with Crippen LogP contribution in [0, 0.1) is 34.6 Å². The number of hydrogen-bond donors (Lipinski definition) is 1. The summed E-state index contributed by atoms with van der Waals surface area (Å²) < 4.78 is 53.4. The molecule has 0 bridgehead atoms. The minimum atomic E-state index is -0.974. The van der Waals surface area contributed by atoms with Crippen molar-refractivity contribution in [1.82, 2.24) is 0 Å². The fourth-order valence-corrected chi connectivity index (χ4v) is 1.67. The van der Waals surface area contributed by atoms with Crippen LogP contribution in [0.15, 0.2) is 30.3 Å². The van der Waals surface area contributed by atoms with Crippen LogP contribution in [-0.2, 0) is 6.54 Å². The lowest BCUT2D eigenvalue weighted by Gasteiger charge is -2.10. The van der Waals surface area contributed by atoms with Crippen molar-refractivity contribution in [2.24, 2.45) is 0 Å². The summed E-state index contributed by atoms with van der Waals surface area (Å²) in [5.41, 5.74) is -0.719. The summed E-state index contributed by atoms with van der Waals surface area (Å²) in [6, 6.07) is 6.12. The van der Waals surface area contributed by atoms with Gasteiger partial charge in [-0.15, -0.1) is 0 Å². The van der Waals surface area contributed by atoms with Gasteiger partial charge in [0.2, 0.25) is 0 Å². The quantitative estimate of drug-likeness (QED) is 0.870. The Kier molecular flexibility index (Phi) is 3.89. The van der Waals surface area contributed by atoms with Crippen LogP contribution in [-0.4, -0.2) is 0 Å². The number of nitrogens with zero attached hydrogens (tertiary/aromatic N) is 1. The van der Waals surface area contributed by atoms with Crippen molar-refractivity contribution in [3.05, 3.63) is 64.7 Å². The number of benzene rings is 2. The number of rotatable bonds is 3. The molecule has 0 aliphatic carbocycles. The summed E-state index contributed by atoms with van der Waals surface area (Å²) >= 11 is 0. The van der Waals surface area contributed by atoms with Gasteiger partial charge in [-0.1, -0.05) is 0 Å². The van der Waals surface area contributed by atoms with Gasteiger partial charge in [0.1, 0.15) is 17.3 Å². The van der Waals surface area contributed by atoms with Gasteiger partial charge in [0.25, 0.3) is 0 Å². The van der Waals surface area contributed by atoms with Gasteiger partial charge in [-0.2, -0.15) is 5.26 Å². The molecule has 102 valence electrons. The normalized spacial score (nSPS) is 10.2. The second-order valence-corrected chi connectivity index (χ2v) is 4.02. The Balaban J connectivity index is 2.23. The van der Waals surface area contributed by atoms with Gasteiger partial charge in [0.05, 0.1) is 11.6 Å². The molecule has 2 nitrogen and oxygen atoms in total. The molecule has 0 heterocycles. The lowest BCUT2D eigenvalue weighted by atomic mass is 10.1. The molecule has 1 N–H and O–H groups in total. The van der Waals surface area contributed by atoms with Gasteiger partial charge in [0, 0.05) is 12.1 Å². The van der Waals surface area contributed by atoms with Gasteiger partial charge < -0.3 is 5.32 Å². The first-order chi connectivity index (χ1) is 9.51. The first kappa shape index (κ1) is 13.9. The van der Waals surface area contributed by atoms with Gasteiger partial charge in [-0.25, -0.2) is 17.6 Å². The predicted molar refractivity (Wildman–Crippen MR) is 64.8 cm³/mol. The van der Waals surface area contributed by atoms with Crippen molar-refractivity contribution in [3.63, 3.8) is 0 Å². The Morgan fingerprint density at radius 3 is 2.20 bits per heavy atom. The Bertz CT molecular complexity index is 669. The van der Waals surface area contributed by atoms with E-state index in [2.05, 4.69) is 5.32 Å². The molecule has 0 unspecified atom stereocenters. The standard InChI is InChI=1S/C14H8F4N2/c15-10-1-2-11(16)9(5-10)7-20-14-12(17)3-8(6-19)4-13(14)18/h1-5,20H,7H2. The maximum Gasteiger partial charge on any atom is 0.150 e. The van der Waals surface area contributed by atoms with Crippen molar-refractivity contribution >= 4 is 5.69 Å². The third kappa shape index (κ3) is 2.88. The Morgan fingerprint density at radius 1 is 0.950 bits per heavy atom. The van der Waals surface area contributed by atoms with E-state index < -0.39 is 29.0 Å². The molecular weight excluding hydrogens is 272 g/mol. The molecule has 0 aliphatic rings. The number of halogens is 4. The van der Waals surface area contributed by atoms with E-state index in [1.54, 1.807) is 6.07 Å². The van der Waals surface area contributed by atoms with E-state index in [1.165, 1.54) is 0 Å². The molecule has 0 aliphatic heterocycles. The van der Waals surface area contributed by atoms with Gasteiger partial charge in [0.15, 0.2) is 11.6 Å². The molecule has 2 aromatic carbocycles. The van der Waals surface area contributed by atoms with Crippen molar-refractivity contribution in [2.75, 3.05) is 5.32 Å². The largest absolute Gasteiger partial charge is 0.376 e. The summed E-state index contributed by atoms with van der Waals surface area (Å²) in [7, 11) is 0. The van der Waals surface area contributed by atoms with Crippen LogP contribution >= 0.6 is 0 Å². The van der Waals surface area contributed by atoms with Crippen LogP contribution in [0.2, 0.25) is 0 Å². The SMILES string of the molecule is N#Cc1cc(F)c(NCc2cc(F)ccc2F)c(F)c1. The first-order valence-corrected chi connectivity index (χ1v) is 5.58. The summed E-state index contributed by atoms with van der Waals surface area (Å²) in [6.45, 7) is -0.288. The first-order valence-electron chi connectivity index (χ1n) is 5.58. The summed E-state index contributed by atoms with van der Waals surface area (Å²) in [4.78, 5) is 0. The fourth-order valence-electron chi connectivity index (χ4n) is 1.67. The van der Waals surface area contributed by atoms with Crippen molar-refractivity contribution in [1.29, 1.82) is 5.26 Å². The molecule has 0 atom stereocenters. The van der Waals surface area contributed by atoms with E-state index in [-0.39, 0.29) is 17.7 Å². The third-order valence-electron chi connectivity index (χ3n) is 2.63. The molecule has 0 fully saturated rings. The number of hydrogen-bond acceptors (Lipinski definition) is 2. The maximum absolute atomic E-state index is 13.6. The highest BCUT2D eigenvalue weighted by molar-refractivity contribution is 5.50. The van der Waals surface area contributed by atoms with Crippen molar-refractivity contribution in [2.45, 2.75) is 6.54 Å². The highest BCUT2D eigenvalue weighted by Crippen LogP contribution is 2.22. The summed E-state index contributed by atoms with van der Waals surface area (Å²) in [5, 5.41) is 10.9. The van der Waals surface area contributed by atoms with E-state index in [0.29, 0.717) is 0 Å². The van der Waals surface area contributed by atoms with Crippen molar-refractivity contribution < 1.29 is 17.6 Å². The van der Waals surface area contributed by atoms with E-state index in [4.69, 9.17) is 5.26 Å². The average molecular weight is 280 g/mol. The summed E-state index contributed by atoms with van der Waals surface area (Å²) in [5.74, 6) is -3.28.